The minimum Gasteiger partial charge on any atom is -0.394 e. The summed E-state index contributed by atoms with van der Waals surface area (Å²) in [4.78, 5) is 0. The minimum atomic E-state index is -2.03. The molecule has 6 fully saturated rings. The van der Waals surface area contributed by atoms with Gasteiger partial charge < -0.3 is 140 Å². The highest BCUT2D eigenvalue weighted by Crippen LogP contribution is 2.43. The quantitative estimate of drug-likeness (QED) is 0.0682. The third-order valence-corrected chi connectivity index (χ3v) is 17.1. The Morgan fingerprint density at radius 2 is 0.597 bits per heavy atom. The molecule has 31 heteroatoms. The summed E-state index contributed by atoms with van der Waals surface area (Å²) in [5.74, 6) is 0. The fraction of sp³-hybridized carbons (Fsp3) is 1.00. The van der Waals surface area contributed by atoms with Gasteiger partial charge in [-0.3, -0.25) is 0 Å². The lowest BCUT2D eigenvalue weighted by Gasteiger charge is -2.49. The largest absolute Gasteiger partial charge is 0.394 e. The lowest BCUT2D eigenvalue weighted by molar-refractivity contribution is -0.322. The summed E-state index contributed by atoms with van der Waals surface area (Å²) in [6, 6.07) is 0. The van der Waals surface area contributed by atoms with E-state index in [1.165, 1.54) is 0 Å². The van der Waals surface area contributed by atoms with Gasteiger partial charge in [0.15, 0.2) is 18.9 Å². The predicted octanol–water partition coefficient (Wildman–Crippen LogP) is -12.0. The van der Waals surface area contributed by atoms with Gasteiger partial charge in [-0.05, 0) is 0 Å². The smallest absolute Gasteiger partial charge is 0.187 e. The molecule has 0 aliphatic carbocycles. The number of thioether (sulfide) groups is 3. The predicted molar refractivity (Wildman–Crippen MR) is 219 cm³/mol. The molecule has 6 aliphatic rings. The van der Waals surface area contributed by atoms with Crippen LogP contribution in [0.3, 0.4) is 0 Å². The van der Waals surface area contributed by atoms with Gasteiger partial charge in [-0.2, -0.15) is 0 Å². The SMILES string of the molecule is OC[C@H]1O[C@H](S[C@H]2[C@H](O)[C@@H](O)[C@@H](O[C@H]3[C@H](O)[C@@H](O)[C@@H](S[C@H]4[C@H](O)[C@@H](O)[C@@H](O[C@H]5[C@H](O)[C@@H](O)[C@@H](S[C@H]6[C@H](O)[C@@H](O)[C@@H](O)O[C@@H]6CO)O[C@@H]5CO)O[C@@H]4CO)O[C@@H]3CO)O[C@@H]2CO)[C@H](O)[C@@H](O)[C@@H]1O. The van der Waals surface area contributed by atoms with Crippen molar-refractivity contribution >= 4 is 35.3 Å². The molecule has 0 aromatic heterocycles. The Morgan fingerprint density at radius 1 is 0.284 bits per heavy atom. The van der Waals surface area contributed by atoms with Crippen molar-refractivity contribution in [2.45, 2.75) is 179 Å². The first kappa shape index (κ1) is 56.2. The normalized spacial score (nSPS) is 53.4. The van der Waals surface area contributed by atoms with Gasteiger partial charge in [-0.25, -0.2) is 0 Å². The maximum atomic E-state index is 11.3. The molecule has 0 aromatic rings. The van der Waals surface area contributed by atoms with Crippen LogP contribution in [-0.4, -0.2) is 321 Å². The molecule has 0 amide bonds. The highest BCUT2D eigenvalue weighted by molar-refractivity contribution is 8.01. The molecule has 0 unspecified atom stereocenters. The molecular weight excluding hydrogens is 977 g/mol. The van der Waals surface area contributed by atoms with Crippen molar-refractivity contribution in [3.8, 4) is 0 Å². The zero-order valence-corrected chi connectivity index (χ0v) is 37.4. The van der Waals surface area contributed by atoms with E-state index < -0.39 is 219 Å². The molecule has 6 aliphatic heterocycles. The molecule has 67 heavy (non-hydrogen) atoms. The molecule has 20 N–H and O–H groups in total. The topological polar surface area (TPSA) is 478 Å². The van der Waals surface area contributed by atoms with Gasteiger partial charge in [0.2, 0.25) is 0 Å². The highest BCUT2D eigenvalue weighted by Gasteiger charge is 2.57. The molecule has 0 radical (unpaired) electrons. The lowest BCUT2D eigenvalue weighted by atomic mass is 9.98. The van der Waals surface area contributed by atoms with Gasteiger partial charge in [0, 0.05) is 0 Å². The van der Waals surface area contributed by atoms with Gasteiger partial charge in [0.1, 0.15) is 108 Å². The minimum absolute atomic E-state index is 0.536. The average Bonchev–Trinajstić information content (AvgIpc) is 3.32. The molecule has 30 atom stereocenters. The van der Waals surface area contributed by atoms with Crippen LogP contribution in [0, 0.1) is 0 Å². The van der Waals surface area contributed by atoms with Crippen LogP contribution in [0.4, 0.5) is 0 Å². The Labute approximate surface area is 393 Å². The number of aliphatic hydroxyl groups is 20. The standard InChI is InChI=1S/C36H62O28S3/c37-1-7-13(43)14(44)23(53)34(60-7)66-29-11(5-41)58-32(21(51)18(29)48)64-27-9(3-39)62-36(25(55)16(27)46)67-30-12(6-42)59-33(22(52)19(30)49)63-26-8(2-38)61-35(24(54)15(26)45)65-28-10(4-40)57-31(56)20(50)17(28)47/h7-56H,1-6H2/t7-,8-,9-,10-,11-,12-,13-,14+,15-,16-,17-,18-,19-,20-,21-,22-,23-,24-,25-,26-,27-,28-,29-,30-,31+,32-,33-,34-,35-,36-/m1/s1. The second kappa shape index (κ2) is 24.3. The van der Waals surface area contributed by atoms with E-state index in [1.807, 2.05) is 0 Å². The van der Waals surface area contributed by atoms with E-state index in [9.17, 15) is 102 Å². The number of hydrogen-bond acceptors (Lipinski definition) is 31. The molecule has 28 nitrogen and oxygen atoms in total. The summed E-state index contributed by atoms with van der Waals surface area (Å²) in [6.45, 7) is -5.03. The molecule has 0 bridgehead atoms. The van der Waals surface area contributed by atoms with E-state index in [-0.39, 0.29) is 0 Å². The van der Waals surface area contributed by atoms with E-state index in [0.29, 0.717) is 35.3 Å². The summed E-state index contributed by atoms with van der Waals surface area (Å²) in [6.07, 6.45) is -41.8. The van der Waals surface area contributed by atoms with Crippen molar-refractivity contribution in [1.82, 2.24) is 0 Å². The number of hydrogen-bond donors (Lipinski definition) is 20. The Kier molecular flexibility index (Phi) is 20.4. The Morgan fingerprint density at radius 3 is 0.955 bits per heavy atom. The third kappa shape index (κ3) is 11.7. The zero-order chi connectivity index (χ0) is 49.3. The summed E-state index contributed by atoms with van der Waals surface area (Å²) in [7, 11) is 0. The number of rotatable bonds is 16. The lowest BCUT2D eigenvalue weighted by Crippen LogP contribution is -2.65. The van der Waals surface area contributed by atoms with E-state index in [2.05, 4.69) is 0 Å². The van der Waals surface area contributed by atoms with Gasteiger partial charge >= 0.3 is 0 Å². The Hall–Kier alpha value is -0.0700. The molecule has 6 rings (SSSR count). The summed E-state index contributed by atoms with van der Waals surface area (Å²) in [5, 5.41) is 207. The number of ether oxygens (including phenoxy) is 8. The fourth-order valence-electron chi connectivity index (χ4n) is 8.52. The van der Waals surface area contributed by atoms with Crippen molar-refractivity contribution in [1.29, 1.82) is 0 Å². The van der Waals surface area contributed by atoms with Crippen LogP contribution in [0.25, 0.3) is 0 Å². The molecule has 0 spiro atoms. The zero-order valence-electron chi connectivity index (χ0n) is 35.0. The average molecular weight is 1040 g/mol. The van der Waals surface area contributed by atoms with Crippen LogP contribution in [0.15, 0.2) is 0 Å². The van der Waals surface area contributed by atoms with Crippen LogP contribution < -0.4 is 0 Å². The van der Waals surface area contributed by atoms with Crippen molar-refractivity contribution in [3.63, 3.8) is 0 Å². The summed E-state index contributed by atoms with van der Waals surface area (Å²) < 4.78 is 45.0. The molecule has 6 heterocycles. The van der Waals surface area contributed by atoms with E-state index in [0.717, 1.165) is 0 Å². The van der Waals surface area contributed by atoms with Crippen molar-refractivity contribution in [2.75, 3.05) is 39.6 Å². The maximum Gasteiger partial charge on any atom is 0.187 e. The molecule has 0 saturated carbocycles. The van der Waals surface area contributed by atoms with Gasteiger partial charge in [0.25, 0.3) is 0 Å². The van der Waals surface area contributed by atoms with Gasteiger partial charge in [-0.15, -0.1) is 35.3 Å². The Bertz CT molecular complexity index is 1510. The molecule has 392 valence electrons. The first-order valence-corrected chi connectivity index (χ1v) is 24.0. The maximum absolute atomic E-state index is 11.3. The highest BCUT2D eigenvalue weighted by atomic mass is 32.2. The van der Waals surface area contributed by atoms with Crippen LogP contribution in [0.2, 0.25) is 0 Å². The van der Waals surface area contributed by atoms with E-state index >= 15 is 0 Å². The van der Waals surface area contributed by atoms with Crippen LogP contribution in [-0.2, 0) is 37.9 Å². The monoisotopic (exact) mass is 1040 g/mol. The fourth-order valence-corrected chi connectivity index (χ4v) is 13.0. The Balaban J connectivity index is 1.07. The second-order valence-corrected chi connectivity index (χ2v) is 20.6. The van der Waals surface area contributed by atoms with Crippen molar-refractivity contribution in [2.24, 2.45) is 0 Å². The van der Waals surface area contributed by atoms with Crippen LogP contribution >= 0.6 is 35.3 Å². The first-order chi connectivity index (χ1) is 31.8. The summed E-state index contributed by atoms with van der Waals surface area (Å²) in [5.41, 5.74) is -4.46. The second-order valence-electron chi connectivity index (χ2n) is 16.8. The number of aliphatic hydroxyl groups excluding tert-OH is 20. The van der Waals surface area contributed by atoms with Crippen LogP contribution in [0.5, 0.6) is 0 Å². The van der Waals surface area contributed by atoms with Crippen LogP contribution in [0.1, 0.15) is 0 Å². The van der Waals surface area contributed by atoms with Crippen molar-refractivity contribution < 1.29 is 140 Å². The van der Waals surface area contributed by atoms with Gasteiger partial charge in [0.05, 0.1) is 92.0 Å². The summed E-state index contributed by atoms with van der Waals surface area (Å²) >= 11 is 1.75. The third-order valence-electron chi connectivity index (χ3n) is 12.4. The van der Waals surface area contributed by atoms with E-state index in [4.69, 9.17) is 37.9 Å². The molecule has 6 saturated heterocycles. The first-order valence-electron chi connectivity index (χ1n) is 21.1. The van der Waals surface area contributed by atoms with E-state index in [1.54, 1.807) is 0 Å². The van der Waals surface area contributed by atoms with Crippen molar-refractivity contribution in [3.05, 3.63) is 0 Å². The molecular formula is C36H62O28S3. The van der Waals surface area contributed by atoms with Gasteiger partial charge in [-0.1, -0.05) is 0 Å². The molecule has 0 aromatic carbocycles.